The van der Waals surface area contributed by atoms with E-state index in [4.69, 9.17) is 4.74 Å². The van der Waals surface area contributed by atoms with Crippen molar-refractivity contribution in [1.82, 2.24) is 10.3 Å². The maximum absolute atomic E-state index is 12.2. The van der Waals surface area contributed by atoms with Crippen molar-refractivity contribution in [3.8, 4) is 17.0 Å². The summed E-state index contributed by atoms with van der Waals surface area (Å²) in [5.41, 5.74) is 6.70. The van der Waals surface area contributed by atoms with Gasteiger partial charge in [-0.15, -0.1) is 0 Å². The van der Waals surface area contributed by atoms with Crippen LogP contribution >= 0.6 is 0 Å². The second kappa shape index (κ2) is 6.88. The molecule has 5 heteroatoms. The van der Waals surface area contributed by atoms with Gasteiger partial charge in [-0.1, -0.05) is 36.4 Å². The van der Waals surface area contributed by atoms with E-state index >= 15 is 0 Å². The van der Waals surface area contributed by atoms with Crippen LogP contribution in [-0.2, 0) is 13.0 Å². The molecular formula is C21H19N3O2. The summed E-state index contributed by atoms with van der Waals surface area (Å²) in [7, 11) is 1.56. The number of fused-ring (bicyclic) bond motifs is 3. The van der Waals surface area contributed by atoms with Crippen LogP contribution in [0.2, 0.25) is 0 Å². The number of hydrogen-bond donors (Lipinski definition) is 2. The molecule has 0 unspecified atom stereocenters. The summed E-state index contributed by atoms with van der Waals surface area (Å²) in [6.45, 7) is 0.346. The van der Waals surface area contributed by atoms with Gasteiger partial charge >= 0.3 is 6.03 Å². The number of hydrogen-bond acceptors (Lipinski definition) is 3. The highest BCUT2D eigenvalue weighted by atomic mass is 16.5. The van der Waals surface area contributed by atoms with Gasteiger partial charge in [-0.3, -0.25) is 0 Å². The Morgan fingerprint density at radius 2 is 1.92 bits per heavy atom. The van der Waals surface area contributed by atoms with Crippen LogP contribution in [0.3, 0.4) is 0 Å². The number of ether oxygens (including phenoxy) is 1. The Kier molecular flexibility index (Phi) is 4.27. The molecule has 0 aliphatic heterocycles. The summed E-state index contributed by atoms with van der Waals surface area (Å²) in [5.74, 6) is 0.517. The van der Waals surface area contributed by atoms with Gasteiger partial charge in [-0.2, -0.15) is 0 Å². The van der Waals surface area contributed by atoms with E-state index in [0.29, 0.717) is 12.4 Å². The average Bonchev–Trinajstić information content (AvgIpc) is 3.04. The molecule has 2 amide bonds. The molecule has 1 heterocycles. The van der Waals surface area contributed by atoms with Crippen molar-refractivity contribution in [3.05, 3.63) is 77.5 Å². The third kappa shape index (κ3) is 3.11. The van der Waals surface area contributed by atoms with Crippen molar-refractivity contribution in [1.29, 1.82) is 0 Å². The third-order valence-corrected chi connectivity index (χ3v) is 4.53. The first kappa shape index (κ1) is 16.1. The molecule has 0 saturated heterocycles. The number of benzene rings is 2. The Balaban J connectivity index is 1.42. The lowest BCUT2D eigenvalue weighted by Crippen LogP contribution is -2.28. The summed E-state index contributed by atoms with van der Waals surface area (Å²) < 4.78 is 5.19. The largest absolute Gasteiger partial charge is 0.481 e. The summed E-state index contributed by atoms with van der Waals surface area (Å²) in [5, 5.41) is 5.73. The van der Waals surface area contributed by atoms with Gasteiger partial charge in [0, 0.05) is 24.0 Å². The van der Waals surface area contributed by atoms with Crippen molar-refractivity contribution in [2.75, 3.05) is 12.4 Å². The van der Waals surface area contributed by atoms with Crippen LogP contribution in [0.25, 0.3) is 11.1 Å². The molecule has 5 nitrogen and oxygen atoms in total. The maximum atomic E-state index is 12.2. The average molecular weight is 345 g/mol. The van der Waals surface area contributed by atoms with Gasteiger partial charge in [0.2, 0.25) is 5.88 Å². The van der Waals surface area contributed by atoms with Crippen molar-refractivity contribution in [2.24, 2.45) is 0 Å². The number of carbonyl (C=O) groups is 1. The number of nitrogens with zero attached hydrogens (tertiary/aromatic N) is 1. The highest BCUT2D eigenvalue weighted by Gasteiger charge is 2.18. The van der Waals surface area contributed by atoms with Crippen LogP contribution in [0, 0.1) is 0 Å². The highest BCUT2D eigenvalue weighted by Crippen LogP contribution is 2.37. The van der Waals surface area contributed by atoms with E-state index in [9.17, 15) is 4.79 Å². The van der Waals surface area contributed by atoms with Gasteiger partial charge < -0.3 is 15.4 Å². The van der Waals surface area contributed by atoms with Crippen molar-refractivity contribution < 1.29 is 9.53 Å². The first-order valence-electron chi connectivity index (χ1n) is 8.48. The molecular weight excluding hydrogens is 326 g/mol. The van der Waals surface area contributed by atoms with Crippen LogP contribution in [0.1, 0.15) is 16.7 Å². The van der Waals surface area contributed by atoms with E-state index in [0.717, 1.165) is 17.7 Å². The molecule has 0 saturated carbocycles. The number of carbonyl (C=O) groups excluding carboxylic acids is 1. The Bertz CT molecular complexity index is 969. The Morgan fingerprint density at radius 3 is 2.81 bits per heavy atom. The number of aromatic nitrogens is 1. The molecule has 1 aliphatic rings. The number of amides is 2. The van der Waals surface area contributed by atoms with Crippen LogP contribution in [0.5, 0.6) is 5.88 Å². The lowest BCUT2D eigenvalue weighted by molar-refractivity contribution is 0.251. The van der Waals surface area contributed by atoms with E-state index in [2.05, 4.69) is 45.9 Å². The lowest BCUT2D eigenvalue weighted by atomic mass is 10.1. The second-order valence-corrected chi connectivity index (χ2v) is 6.19. The molecule has 130 valence electrons. The quantitative estimate of drug-likeness (QED) is 0.588. The second-order valence-electron chi connectivity index (χ2n) is 6.19. The van der Waals surface area contributed by atoms with E-state index < -0.39 is 0 Å². The third-order valence-electron chi connectivity index (χ3n) is 4.53. The monoisotopic (exact) mass is 345 g/mol. The Hall–Kier alpha value is -3.34. The zero-order chi connectivity index (χ0) is 17.9. The van der Waals surface area contributed by atoms with Crippen LogP contribution in [-0.4, -0.2) is 18.1 Å². The van der Waals surface area contributed by atoms with Crippen molar-refractivity contribution in [2.45, 2.75) is 13.0 Å². The fourth-order valence-electron chi connectivity index (χ4n) is 3.32. The molecule has 1 aliphatic carbocycles. The van der Waals surface area contributed by atoms with Crippen molar-refractivity contribution >= 4 is 11.7 Å². The summed E-state index contributed by atoms with van der Waals surface area (Å²) in [6.07, 6.45) is 2.56. The predicted octanol–water partition coefficient (Wildman–Crippen LogP) is 3.98. The minimum absolute atomic E-state index is 0.258. The Labute approximate surface area is 152 Å². The number of urea groups is 1. The maximum Gasteiger partial charge on any atom is 0.319 e. The van der Waals surface area contributed by atoms with Gasteiger partial charge in [-0.05, 0) is 46.9 Å². The lowest BCUT2D eigenvalue weighted by Gasteiger charge is -2.11. The minimum atomic E-state index is -0.258. The van der Waals surface area contributed by atoms with Gasteiger partial charge in [0.15, 0.2) is 0 Å². The number of pyridine rings is 1. The fourth-order valence-corrected chi connectivity index (χ4v) is 3.32. The minimum Gasteiger partial charge on any atom is -0.481 e. The molecule has 0 fully saturated rings. The molecule has 3 aromatic rings. The molecule has 4 rings (SSSR count). The molecule has 26 heavy (non-hydrogen) atoms. The van der Waals surface area contributed by atoms with Crippen LogP contribution in [0.4, 0.5) is 10.5 Å². The number of rotatable bonds is 4. The van der Waals surface area contributed by atoms with E-state index in [-0.39, 0.29) is 6.03 Å². The molecule has 0 spiro atoms. The van der Waals surface area contributed by atoms with E-state index in [1.807, 2.05) is 24.3 Å². The zero-order valence-corrected chi connectivity index (χ0v) is 14.5. The standard InChI is InChI=1S/C21H19N3O2/c1-26-20-15(6-4-10-22-20)13-23-21(25)24-17-8-9-19-16(12-17)11-14-5-2-3-7-18(14)19/h2-10,12H,11,13H2,1H3,(H2,23,24,25). The first-order chi connectivity index (χ1) is 12.7. The zero-order valence-electron chi connectivity index (χ0n) is 14.5. The summed E-state index contributed by atoms with van der Waals surface area (Å²) >= 11 is 0. The van der Waals surface area contributed by atoms with Gasteiger partial charge in [0.1, 0.15) is 0 Å². The van der Waals surface area contributed by atoms with Crippen molar-refractivity contribution in [3.63, 3.8) is 0 Å². The SMILES string of the molecule is COc1ncccc1CNC(=O)Nc1ccc2c(c1)Cc1ccccc1-2. The highest BCUT2D eigenvalue weighted by molar-refractivity contribution is 5.90. The molecule has 0 atom stereocenters. The fraction of sp³-hybridized carbons (Fsp3) is 0.143. The summed E-state index contributed by atoms with van der Waals surface area (Å²) in [4.78, 5) is 16.3. The first-order valence-corrected chi connectivity index (χ1v) is 8.48. The topological polar surface area (TPSA) is 63.2 Å². The smallest absolute Gasteiger partial charge is 0.319 e. The van der Waals surface area contributed by atoms with Gasteiger partial charge in [0.25, 0.3) is 0 Å². The Morgan fingerprint density at radius 1 is 1.08 bits per heavy atom. The number of nitrogens with one attached hydrogen (secondary N) is 2. The number of methoxy groups -OCH3 is 1. The normalized spacial score (nSPS) is 11.4. The van der Waals surface area contributed by atoms with E-state index in [1.165, 1.54) is 22.3 Å². The number of anilines is 1. The van der Waals surface area contributed by atoms with Gasteiger partial charge in [-0.25, -0.2) is 9.78 Å². The van der Waals surface area contributed by atoms with Crippen LogP contribution < -0.4 is 15.4 Å². The van der Waals surface area contributed by atoms with Crippen LogP contribution in [0.15, 0.2) is 60.8 Å². The van der Waals surface area contributed by atoms with E-state index in [1.54, 1.807) is 13.3 Å². The summed E-state index contributed by atoms with van der Waals surface area (Å²) in [6, 6.07) is 17.9. The molecule has 0 bridgehead atoms. The molecule has 2 N–H and O–H groups in total. The molecule has 0 radical (unpaired) electrons. The molecule has 1 aromatic heterocycles. The predicted molar refractivity (Wildman–Crippen MR) is 101 cm³/mol. The molecule has 2 aromatic carbocycles. The van der Waals surface area contributed by atoms with Gasteiger partial charge in [0.05, 0.1) is 7.11 Å².